The minimum absolute atomic E-state index is 0.0652. The summed E-state index contributed by atoms with van der Waals surface area (Å²) in [5, 5.41) is 3.50. The highest BCUT2D eigenvalue weighted by atomic mass is 35.5. The lowest BCUT2D eigenvalue weighted by molar-refractivity contribution is -0.116. The van der Waals surface area contributed by atoms with Gasteiger partial charge in [0.25, 0.3) is 0 Å². The third kappa shape index (κ3) is 4.59. The van der Waals surface area contributed by atoms with Crippen LogP contribution in [0.3, 0.4) is 0 Å². The molecule has 0 heterocycles. The number of hydrogen-bond acceptors (Lipinski definition) is 2. The third-order valence-electron chi connectivity index (χ3n) is 2.71. The Kier molecular flexibility index (Phi) is 5.02. The first-order valence-corrected chi connectivity index (χ1v) is 6.76. The highest BCUT2D eigenvalue weighted by molar-refractivity contribution is 6.30. The summed E-state index contributed by atoms with van der Waals surface area (Å²) in [6.45, 7) is 2.32. The van der Waals surface area contributed by atoms with Gasteiger partial charge < -0.3 is 10.1 Å². The van der Waals surface area contributed by atoms with E-state index in [9.17, 15) is 4.79 Å². The smallest absolute Gasteiger partial charge is 0.227 e. The van der Waals surface area contributed by atoms with Crippen LogP contribution in [-0.4, -0.2) is 12.5 Å². The van der Waals surface area contributed by atoms with Crippen molar-refractivity contribution in [1.82, 2.24) is 0 Å². The molecule has 20 heavy (non-hydrogen) atoms. The number of nitrogens with one attached hydrogen (secondary N) is 1. The Balaban J connectivity index is 1.76. The molecule has 0 saturated carbocycles. The number of halogens is 1. The third-order valence-corrected chi connectivity index (χ3v) is 2.97. The van der Waals surface area contributed by atoms with E-state index in [-0.39, 0.29) is 5.91 Å². The summed E-state index contributed by atoms with van der Waals surface area (Å²) in [7, 11) is 0. The van der Waals surface area contributed by atoms with Crippen molar-refractivity contribution in [1.29, 1.82) is 0 Å². The van der Waals surface area contributed by atoms with Crippen molar-refractivity contribution in [2.75, 3.05) is 11.9 Å². The molecular weight excluding hydrogens is 274 g/mol. The van der Waals surface area contributed by atoms with E-state index >= 15 is 0 Å². The second kappa shape index (κ2) is 6.96. The lowest BCUT2D eigenvalue weighted by Crippen LogP contribution is -2.15. The average Bonchev–Trinajstić information content (AvgIpc) is 2.41. The maximum Gasteiger partial charge on any atom is 0.227 e. The van der Waals surface area contributed by atoms with Crippen LogP contribution in [-0.2, 0) is 4.79 Å². The molecule has 0 aliphatic carbocycles. The Morgan fingerprint density at radius 1 is 1.20 bits per heavy atom. The largest absolute Gasteiger partial charge is 0.493 e. The lowest BCUT2D eigenvalue weighted by Gasteiger charge is -2.08. The number of benzene rings is 2. The van der Waals surface area contributed by atoms with Gasteiger partial charge in [-0.2, -0.15) is 0 Å². The Morgan fingerprint density at radius 3 is 2.65 bits per heavy atom. The summed E-state index contributed by atoms with van der Waals surface area (Å²) < 4.78 is 5.47. The van der Waals surface area contributed by atoms with Crippen molar-refractivity contribution < 1.29 is 9.53 Å². The van der Waals surface area contributed by atoms with Crippen LogP contribution in [0, 0.1) is 6.92 Å². The zero-order chi connectivity index (χ0) is 14.4. The summed E-state index contributed by atoms with van der Waals surface area (Å²) in [6.07, 6.45) is 0.302. The van der Waals surface area contributed by atoms with Crippen molar-refractivity contribution in [2.24, 2.45) is 0 Å². The van der Waals surface area contributed by atoms with E-state index in [2.05, 4.69) is 5.32 Å². The molecule has 0 aliphatic rings. The number of hydrogen-bond donors (Lipinski definition) is 1. The van der Waals surface area contributed by atoms with Crippen LogP contribution in [0.2, 0.25) is 5.02 Å². The van der Waals surface area contributed by atoms with Crippen LogP contribution in [0.25, 0.3) is 0 Å². The van der Waals surface area contributed by atoms with Crippen molar-refractivity contribution >= 4 is 23.2 Å². The second-order valence-electron chi connectivity index (χ2n) is 4.47. The van der Waals surface area contributed by atoms with E-state index in [0.29, 0.717) is 23.8 Å². The molecule has 0 saturated heterocycles. The molecular formula is C16H16ClNO2. The highest BCUT2D eigenvalue weighted by Gasteiger charge is 2.03. The van der Waals surface area contributed by atoms with Gasteiger partial charge in [-0.05, 0) is 48.9 Å². The average molecular weight is 290 g/mol. The fraction of sp³-hybridized carbons (Fsp3) is 0.188. The Labute approximate surface area is 123 Å². The fourth-order valence-electron chi connectivity index (χ4n) is 1.74. The van der Waals surface area contributed by atoms with Gasteiger partial charge in [-0.1, -0.05) is 23.7 Å². The quantitative estimate of drug-likeness (QED) is 0.901. The lowest BCUT2D eigenvalue weighted by atomic mass is 10.2. The fourth-order valence-corrected chi connectivity index (χ4v) is 1.86. The Bertz CT molecular complexity index is 581. The number of amides is 1. The zero-order valence-corrected chi connectivity index (χ0v) is 12.0. The SMILES string of the molecule is Cc1cccc(NC(=O)CCOc2ccc(Cl)cc2)c1. The van der Waals surface area contributed by atoms with Gasteiger partial charge in [0.1, 0.15) is 5.75 Å². The van der Waals surface area contributed by atoms with Crippen LogP contribution in [0.1, 0.15) is 12.0 Å². The molecule has 0 radical (unpaired) electrons. The number of rotatable bonds is 5. The standard InChI is InChI=1S/C16H16ClNO2/c1-12-3-2-4-14(11-12)18-16(19)9-10-20-15-7-5-13(17)6-8-15/h2-8,11H,9-10H2,1H3,(H,18,19). The van der Waals surface area contributed by atoms with Crippen LogP contribution >= 0.6 is 11.6 Å². The van der Waals surface area contributed by atoms with Crippen LogP contribution in [0.15, 0.2) is 48.5 Å². The van der Waals surface area contributed by atoms with Crippen molar-refractivity contribution in [3.8, 4) is 5.75 Å². The van der Waals surface area contributed by atoms with Crippen molar-refractivity contribution in [3.05, 3.63) is 59.1 Å². The van der Waals surface area contributed by atoms with Crippen molar-refractivity contribution in [3.63, 3.8) is 0 Å². The van der Waals surface area contributed by atoms with E-state index in [1.54, 1.807) is 24.3 Å². The maximum absolute atomic E-state index is 11.8. The van der Waals surface area contributed by atoms with E-state index in [1.165, 1.54) is 0 Å². The van der Waals surface area contributed by atoms with Crippen molar-refractivity contribution in [2.45, 2.75) is 13.3 Å². The summed E-state index contributed by atoms with van der Waals surface area (Å²) in [5.74, 6) is 0.641. The Hall–Kier alpha value is -2.00. The van der Waals surface area contributed by atoms with Gasteiger partial charge in [-0.25, -0.2) is 0 Å². The topological polar surface area (TPSA) is 38.3 Å². The molecule has 0 unspecified atom stereocenters. The van der Waals surface area contributed by atoms with E-state index in [4.69, 9.17) is 16.3 Å². The number of ether oxygens (including phenoxy) is 1. The molecule has 0 aromatic heterocycles. The monoisotopic (exact) mass is 289 g/mol. The van der Waals surface area contributed by atoms with Crippen LogP contribution in [0.4, 0.5) is 5.69 Å². The summed E-state index contributed by atoms with van der Waals surface area (Å²) in [4.78, 5) is 11.8. The first kappa shape index (κ1) is 14.4. The molecule has 0 atom stereocenters. The molecule has 1 amide bonds. The molecule has 0 spiro atoms. The Morgan fingerprint density at radius 2 is 1.95 bits per heavy atom. The van der Waals surface area contributed by atoms with E-state index < -0.39 is 0 Å². The van der Waals surface area contributed by atoms with Gasteiger partial charge in [0.2, 0.25) is 5.91 Å². The molecule has 0 bridgehead atoms. The summed E-state index contributed by atoms with van der Waals surface area (Å²) >= 11 is 5.78. The minimum Gasteiger partial charge on any atom is -0.493 e. The molecule has 2 aromatic rings. The molecule has 3 nitrogen and oxygen atoms in total. The number of aryl methyl sites for hydroxylation is 1. The number of carbonyl (C=O) groups is 1. The van der Waals surface area contributed by atoms with Gasteiger partial charge in [-0.3, -0.25) is 4.79 Å². The normalized spacial score (nSPS) is 10.1. The zero-order valence-electron chi connectivity index (χ0n) is 11.2. The molecule has 2 rings (SSSR count). The number of carbonyl (C=O) groups excluding carboxylic acids is 1. The van der Waals surface area contributed by atoms with Gasteiger partial charge in [-0.15, -0.1) is 0 Å². The minimum atomic E-state index is -0.0652. The predicted octanol–water partition coefficient (Wildman–Crippen LogP) is 4.06. The molecule has 0 fully saturated rings. The van der Waals surface area contributed by atoms with E-state index in [0.717, 1.165) is 11.3 Å². The molecule has 0 aliphatic heterocycles. The van der Waals surface area contributed by atoms with Gasteiger partial charge in [0.15, 0.2) is 0 Å². The van der Waals surface area contributed by atoms with E-state index in [1.807, 2.05) is 31.2 Å². The molecule has 104 valence electrons. The predicted molar refractivity (Wildman–Crippen MR) is 81.4 cm³/mol. The maximum atomic E-state index is 11.8. The first-order valence-electron chi connectivity index (χ1n) is 6.38. The molecule has 2 aromatic carbocycles. The second-order valence-corrected chi connectivity index (χ2v) is 4.91. The first-order chi connectivity index (χ1) is 9.63. The molecule has 1 N–H and O–H groups in total. The molecule has 4 heteroatoms. The van der Waals surface area contributed by atoms with Crippen LogP contribution in [0.5, 0.6) is 5.75 Å². The van der Waals surface area contributed by atoms with Gasteiger partial charge >= 0.3 is 0 Å². The number of anilines is 1. The van der Waals surface area contributed by atoms with Gasteiger partial charge in [0, 0.05) is 10.7 Å². The van der Waals surface area contributed by atoms with Crippen LogP contribution < -0.4 is 10.1 Å². The van der Waals surface area contributed by atoms with Gasteiger partial charge in [0.05, 0.1) is 13.0 Å². The summed E-state index contributed by atoms with van der Waals surface area (Å²) in [6, 6.07) is 14.8. The summed E-state index contributed by atoms with van der Waals surface area (Å²) in [5.41, 5.74) is 1.92. The highest BCUT2D eigenvalue weighted by Crippen LogP contribution is 2.15.